The lowest BCUT2D eigenvalue weighted by atomic mass is 10.1. The summed E-state index contributed by atoms with van der Waals surface area (Å²) in [5, 5.41) is 12.8. The van der Waals surface area contributed by atoms with Crippen LogP contribution in [0, 0.1) is 6.92 Å². The van der Waals surface area contributed by atoms with E-state index in [1.807, 2.05) is 38.1 Å². The summed E-state index contributed by atoms with van der Waals surface area (Å²) in [4.78, 5) is 12.0. The second-order valence-electron chi connectivity index (χ2n) is 4.31. The highest BCUT2D eigenvalue weighted by molar-refractivity contribution is 5.99. The fourth-order valence-electron chi connectivity index (χ4n) is 1.92. The number of nitrogens with one attached hydrogen (secondary N) is 1. The Morgan fingerprint density at radius 1 is 1.44 bits per heavy atom. The zero-order valence-corrected chi connectivity index (χ0v) is 10.6. The molecule has 0 bridgehead atoms. The summed E-state index contributed by atoms with van der Waals surface area (Å²) in [5.41, 5.74) is 1.54. The lowest BCUT2D eigenvalue weighted by Crippen LogP contribution is -2.37. The number of hydrogen-bond donors (Lipinski definition) is 2. The minimum absolute atomic E-state index is 0.0679. The fraction of sp³-hybridized carbons (Fsp3) is 0.357. The van der Waals surface area contributed by atoms with Gasteiger partial charge in [0.15, 0.2) is 5.76 Å². The van der Waals surface area contributed by atoms with Crippen LogP contribution in [0.2, 0.25) is 0 Å². The van der Waals surface area contributed by atoms with Gasteiger partial charge in [0, 0.05) is 10.9 Å². The predicted octanol–water partition coefficient (Wildman–Crippen LogP) is 2.24. The van der Waals surface area contributed by atoms with E-state index in [0.717, 1.165) is 10.9 Å². The smallest absolute Gasteiger partial charge is 0.287 e. The SMILES string of the molecule is CC[C@H](CO)NC(=O)c1oc2ccccc2c1C. The van der Waals surface area contributed by atoms with Crippen LogP contribution in [0.25, 0.3) is 11.0 Å². The molecule has 0 radical (unpaired) electrons. The van der Waals surface area contributed by atoms with Gasteiger partial charge < -0.3 is 14.8 Å². The molecule has 0 saturated heterocycles. The quantitative estimate of drug-likeness (QED) is 0.871. The van der Waals surface area contributed by atoms with Crippen molar-refractivity contribution in [2.45, 2.75) is 26.3 Å². The molecule has 0 spiro atoms. The van der Waals surface area contributed by atoms with Gasteiger partial charge in [-0.25, -0.2) is 0 Å². The van der Waals surface area contributed by atoms with Crippen LogP contribution in [0.1, 0.15) is 29.5 Å². The van der Waals surface area contributed by atoms with Crippen LogP contribution in [0.15, 0.2) is 28.7 Å². The third-order valence-electron chi connectivity index (χ3n) is 3.10. The molecule has 0 unspecified atom stereocenters. The van der Waals surface area contributed by atoms with Crippen molar-refractivity contribution in [2.24, 2.45) is 0 Å². The van der Waals surface area contributed by atoms with E-state index in [1.165, 1.54) is 0 Å². The lowest BCUT2D eigenvalue weighted by Gasteiger charge is -2.12. The number of hydrogen-bond acceptors (Lipinski definition) is 3. The van der Waals surface area contributed by atoms with Gasteiger partial charge in [-0.1, -0.05) is 25.1 Å². The average Bonchev–Trinajstić information content (AvgIpc) is 2.74. The number of carbonyl (C=O) groups is 1. The third kappa shape index (κ3) is 2.24. The Balaban J connectivity index is 2.30. The van der Waals surface area contributed by atoms with Gasteiger partial charge in [0.05, 0.1) is 12.6 Å². The highest BCUT2D eigenvalue weighted by Crippen LogP contribution is 2.24. The van der Waals surface area contributed by atoms with Crippen LogP contribution in [-0.2, 0) is 0 Å². The number of amides is 1. The Kier molecular flexibility index (Phi) is 3.67. The Hall–Kier alpha value is -1.81. The minimum atomic E-state index is -0.274. The first-order chi connectivity index (χ1) is 8.67. The summed E-state index contributed by atoms with van der Waals surface area (Å²) in [6.07, 6.45) is 0.682. The van der Waals surface area contributed by atoms with Gasteiger partial charge in [-0.3, -0.25) is 4.79 Å². The van der Waals surface area contributed by atoms with Crippen LogP contribution in [0.3, 0.4) is 0 Å². The summed E-state index contributed by atoms with van der Waals surface area (Å²) in [6, 6.07) is 7.31. The molecule has 0 aliphatic rings. The van der Waals surface area contributed by atoms with Crippen LogP contribution >= 0.6 is 0 Å². The number of para-hydroxylation sites is 1. The molecule has 0 fully saturated rings. The number of aliphatic hydroxyl groups is 1. The molecule has 0 aliphatic heterocycles. The topological polar surface area (TPSA) is 62.5 Å². The number of rotatable bonds is 4. The van der Waals surface area contributed by atoms with E-state index >= 15 is 0 Å². The fourth-order valence-corrected chi connectivity index (χ4v) is 1.92. The van der Waals surface area contributed by atoms with Crippen LogP contribution in [0.5, 0.6) is 0 Å². The molecule has 1 amide bonds. The molecule has 96 valence electrons. The maximum absolute atomic E-state index is 12.0. The van der Waals surface area contributed by atoms with E-state index in [-0.39, 0.29) is 18.6 Å². The summed E-state index contributed by atoms with van der Waals surface area (Å²) >= 11 is 0. The van der Waals surface area contributed by atoms with Crippen molar-refractivity contribution in [3.05, 3.63) is 35.6 Å². The Morgan fingerprint density at radius 2 is 2.17 bits per heavy atom. The number of carbonyl (C=O) groups excluding carboxylic acids is 1. The average molecular weight is 247 g/mol. The molecule has 1 atom stereocenters. The Labute approximate surface area is 106 Å². The lowest BCUT2D eigenvalue weighted by molar-refractivity contribution is 0.0888. The maximum Gasteiger partial charge on any atom is 0.287 e. The first kappa shape index (κ1) is 12.6. The van der Waals surface area contributed by atoms with Gasteiger partial charge >= 0.3 is 0 Å². The van der Waals surface area contributed by atoms with Gasteiger partial charge in [-0.05, 0) is 19.4 Å². The summed E-state index contributed by atoms with van der Waals surface area (Å²) in [6.45, 7) is 3.70. The third-order valence-corrected chi connectivity index (χ3v) is 3.10. The molecule has 1 aromatic carbocycles. The van der Waals surface area contributed by atoms with E-state index < -0.39 is 0 Å². The van der Waals surface area contributed by atoms with Crippen molar-refractivity contribution in [2.75, 3.05) is 6.61 Å². The number of aryl methyl sites for hydroxylation is 1. The van der Waals surface area contributed by atoms with Crippen LogP contribution in [0.4, 0.5) is 0 Å². The van der Waals surface area contributed by atoms with Crippen molar-refractivity contribution in [1.82, 2.24) is 5.32 Å². The summed E-state index contributed by atoms with van der Waals surface area (Å²) in [5.74, 6) is 0.0488. The van der Waals surface area contributed by atoms with Crippen LogP contribution in [-0.4, -0.2) is 23.7 Å². The second kappa shape index (κ2) is 5.23. The van der Waals surface area contributed by atoms with Gasteiger partial charge in [0.25, 0.3) is 5.91 Å². The first-order valence-corrected chi connectivity index (χ1v) is 6.07. The molecular formula is C14H17NO3. The normalized spacial score (nSPS) is 12.6. The molecule has 0 saturated carbocycles. The Morgan fingerprint density at radius 3 is 2.78 bits per heavy atom. The van der Waals surface area contributed by atoms with Gasteiger partial charge in [-0.15, -0.1) is 0 Å². The monoisotopic (exact) mass is 247 g/mol. The molecular weight excluding hydrogens is 230 g/mol. The largest absolute Gasteiger partial charge is 0.451 e. The highest BCUT2D eigenvalue weighted by atomic mass is 16.3. The van der Waals surface area contributed by atoms with E-state index in [2.05, 4.69) is 5.32 Å². The molecule has 18 heavy (non-hydrogen) atoms. The van der Waals surface area contributed by atoms with Crippen molar-refractivity contribution in [3.8, 4) is 0 Å². The molecule has 1 aromatic heterocycles. The molecule has 4 nitrogen and oxygen atoms in total. The van der Waals surface area contributed by atoms with E-state index in [9.17, 15) is 4.79 Å². The zero-order chi connectivity index (χ0) is 13.1. The first-order valence-electron chi connectivity index (χ1n) is 6.07. The van der Waals surface area contributed by atoms with E-state index in [0.29, 0.717) is 17.8 Å². The number of furan rings is 1. The minimum Gasteiger partial charge on any atom is -0.451 e. The molecule has 2 rings (SSSR count). The maximum atomic E-state index is 12.0. The van der Waals surface area contributed by atoms with Gasteiger partial charge in [0.1, 0.15) is 5.58 Å². The van der Waals surface area contributed by atoms with Crippen LogP contribution < -0.4 is 5.32 Å². The number of aliphatic hydroxyl groups excluding tert-OH is 1. The van der Waals surface area contributed by atoms with Crippen molar-refractivity contribution in [3.63, 3.8) is 0 Å². The standard InChI is InChI=1S/C14H17NO3/c1-3-10(8-16)15-14(17)13-9(2)11-6-4-5-7-12(11)18-13/h4-7,10,16H,3,8H2,1-2H3,(H,15,17)/t10-/m1/s1. The van der Waals surface area contributed by atoms with Crippen molar-refractivity contribution < 1.29 is 14.3 Å². The van der Waals surface area contributed by atoms with Gasteiger partial charge in [0.2, 0.25) is 0 Å². The van der Waals surface area contributed by atoms with Crippen molar-refractivity contribution >= 4 is 16.9 Å². The summed E-state index contributed by atoms with van der Waals surface area (Å²) in [7, 11) is 0. The zero-order valence-electron chi connectivity index (χ0n) is 10.6. The predicted molar refractivity (Wildman–Crippen MR) is 69.6 cm³/mol. The van der Waals surface area contributed by atoms with Crippen molar-refractivity contribution in [1.29, 1.82) is 0 Å². The van der Waals surface area contributed by atoms with Gasteiger partial charge in [-0.2, -0.15) is 0 Å². The molecule has 2 aromatic rings. The summed E-state index contributed by atoms with van der Waals surface area (Å²) < 4.78 is 5.56. The van der Waals surface area contributed by atoms with E-state index in [1.54, 1.807) is 0 Å². The molecule has 2 N–H and O–H groups in total. The number of benzene rings is 1. The molecule has 1 heterocycles. The number of fused-ring (bicyclic) bond motifs is 1. The molecule has 0 aliphatic carbocycles. The van der Waals surface area contributed by atoms with E-state index in [4.69, 9.17) is 9.52 Å². The second-order valence-corrected chi connectivity index (χ2v) is 4.31. The Bertz CT molecular complexity index is 555. The highest BCUT2D eigenvalue weighted by Gasteiger charge is 2.19. The molecule has 4 heteroatoms.